The van der Waals surface area contributed by atoms with Gasteiger partial charge < -0.3 is 10.1 Å². The van der Waals surface area contributed by atoms with Gasteiger partial charge in [0, 0.05) is 22.6 Å². The van der Waals surface area contributed by atoms with Crippen LogP contribution in [0, 0.1) is 0 Å². The number of hydrogen-bond acceptors (Lipinski definition) is 4. The zero-order valence-corrected chi connectivity index (χ0v) is 12.3. The normalized spacial score (nSPS) is 14.4. The molecular weight excluding hydrogens is 318 g/mol. The number of H-pyrrole nitrogens is 1. The molecule has 2 N–H and O–H groups in total. The Morgan fingerprint density at radius 1 is 1.04 bits per heavy atom. The van der Waals surface area contributed by atoms with E-state index in [1.807, 2.05) is 0 Å². The van der Waals surface area contributed by atoms with Crippen molar-refractivity contribution in [2.45, 2.75) is 9.79 Å². The predicted octanol–water partition coefficient (Wildman–Crippen LogP) is 2.04. The Morgan fingerprint density at radius 2 is 1.78 bits per heavy atom. The van der Waals surface area contributed by atoms with Crippen molar-refractivity contribution in [3.63, 3.8) is 0 Å². The molecule has 1 aliphatic heterocycles. The summed E-state index contributed by atoms with van der Waals surface area (Å²) in [7, 11) is -3.67. The van der Waals surface area contributed by atoms with E-state index < -0.39 is 21.2 Å². The van der Waals surface area contributed by atoms with Crippen molar-refractivity contribution in [1.82, 2.24) is 4.98 Å². The Morgan fingerprint density at radius 3 is 2.52 bits per heavy atom. The molecule has 0 unspecified atom stereocenters. The number of aromatic carboxylic acids is 1. The van der Waals surface area contributed by atoms with Gasteiger partial charge in [0.2, 0.25) is 9.84 Å². The number of carboxylic acids is 1. The van der Waals surface area contributed by atoms with Gasteiger partial charge in [-0.25, -0.2) is 13.2 Å². The second kappa shape index (κ2) is 4.30. The third-order valence-electron chi connectivity index (χ3n) is 3.93. The molecule has 1 aromatic heterocycles. The lowest BCUT2D eigenvalue weighted by Crippen LogP contribution is -2.10. The zero-order chi connectivity index (χ0) is 16.4. The van der Waals surface area contributed by atoms with E-state index in [4.69, 9.17) is 5.11 Å². The van der Waals surface area contributed by atoms with Crippen molar-refractivity contribution in [3.05, 3.63) is 58.4 Å². The smallest absolute Gasteiger partial charge is 0.352 e. The fourth-order valence-electron chi connectivity index (χ4n) is 2.93. The van der Waals surface area contributed by atoms with Crippen LogP contribution in [0.5, 0.6) is 0 Å². The van der Waals surface area contributed by atoms with E-state index in [9.17, 15) is 18.0 Å². The first-order valence-electron chi connectivity index (χ1n) is 6.69. The summed E-state index contributed by atoms with van der Waals surface area (Å²) in [5.74, 6) is -1.28. The molecule has 0 fully saturated rings. The van der Waals surface area contributed by atoms with E-state index in [0.29, 0.717) is 11.1 Å². The fourth-order valence-corrected chi connectivity index (χ4v) is 4.61. The van der Waals surface area contributed by atoms with Crippen LogP contribution in [0.1, 0.15) is 10.5 Å². The van der Waals surface area contributed by atoms with Gasteiger partial charge in [-0.15, -0.1) is 0 Å². The molecule has 2 heterocycles. The highest BCUT2D eigenvalue weighted by molar-refractivity contribution is 7.92. The monoisotopic (exact) mass is 327 g/mol. The highest BCUT2D eigenvalue weighted by Crippen LogP contribution is 2.45. The summed E-state index contributed by atoms with van der Waals surface area (Å²) in [5, 5.41) is 9.38. The van der Waals surface area contributed by atoms with Gasteiger partial charge in [-0.3, -0.25) is 4.79 Å². The van der Waals surface area contributed by atoms with Crippen LogP contribution >= 0.6 is 0 Å². The summed E-state index contributed by atoms with van der Waals surface area (Å²) < 4.78 is 25.2. The molecule has 3 aromatic rings. The first kappa shape index (κ1) is 13.7. The molecule has 1 aliphatic rings. The minimum absolute atomic E-state index is 0.0735. The van der Waals surface area contributed by atoms with Crippen LogP contribution in [0.15, 0.2) is 57.1 Å². The number of pyridine rings is 1. The van der Waals surface area contributed by atoms with E-state index in [1.165, 1.54) is 18.2 Å². The largest absolute Gasteiger partial charge is 0.477 e. The summed E-state index contributed by atoms with van der Waals surface area (Å²) in [6, 6.07) is 10.2. The molecule has 0 atom stereocenters. The van der Waals surface area contributed by atoms with Gasteiger partial charge in [0.05, 0.1) is 15.3 Å². The van der Waals surface area contributed by atoms with Gasteiger partial charge in [-0.2, -0.15) is 0 Å². The van der Waals surface area contributed by atoms with E-state index in [1.54, 1.807) is 18.2 Å². The van der Waals surface area contributed by atoms with Gasteiger partial charge in [0.15, 0.2) is 5.43 Å². The van der Waals surface area contributed by atoms with Crippen molar-refractivity contribution >= 4 is 26.7 Å². The molecule has 6 nitrogen and oxygen atoms in total. The molecule has 0 spiro atoms. The number of benzene rings is 2. The maximum Gasteiger partial charge on any atom is 0.352 e. The van der Waals surface area contributed by atoms with Crippen molar-refractivity contribution in [1.29, 1.82) is 0 Å². The van der Waals surface area contributed by atoms with Crippen LogP contribution < -0.4 is 5.43 Å². The second-order valence-electron chi connectivity index (χ2n) is 5.21. The van der Waals surface area contributed by atoms with Crippen molar-refractivity contribution in [3.8, 4) is 11.1 Å². The molecule has 0 saturated carbocycles. The second-order valence-corrected chi connectivity index (χ2v) is 7.10. The van der Waals surface area contributed by atoms with E-state index in [2.05, 4.69) is 4.98 Å². The first-order chi connectivity index (χ1) is 10.9. The average Bonchev–Trinajstić information content (AvgIpc) is 2.76. The van der Waals surface area contributed by atoms with E-state index >= 15 is 0 Å². The Balaban J connectivity index is 2.27. The number of rotatable bonds is 1. The Labute approximate surface area is 129 Å². The Bertz CT molecular complexity index is 1170. The molecule has 114 valence electrons. The van der Waals surface area contributed by atoms with Crippen molar-refractivity contribution < 1.29 is 18.3 Å². The van der Waals surface area contributed by atoms with Crippen LogP contribution in [-0.2, 0) is 9.84 Å². The molecule has 2 aromatic carbocycles. The van der Waals surface area contributed by atoms with E-state index in [-0.39, 0.29) is 26.4 Å². The van der Waals surface area contributed by atoms with Crippen LogP contribution in [0.3, 0.4) is 0 Å². The number of aromatic nitrogens is 1. The third kappa shape index (κ3) is 1.71. The lowest BCUT2D eigenvalue weighted by atomic mass is 10.0. The standard InChI is InChI=1S/C16H9NO5S/c18-11-7-10(16(19)20)17-15-8(11)5-6-13-14(15)9-3-1-2-4-12(9)23(13,21)22/h1-7H,(H,17,18)(H,19,20). The Kier molecular flexibility index (Phi) is 2.56. The Hall–Kier alpha value is -2.93. The highest BCUT2D eigenvalue weighted by atomic mass is 32.2. The number of nitrogens with one attached hydrogen (secondary N) is 1. The topological polar surface area (TPSA) is 104 Å². The molecule has 0 aliphatic carbocycles. The molecular formula is C16H9NO5S. The summed E-state index contributed by atoms with van der Waals surface area (Å²) in [6.45, 7) is 0. The third-order valence-corrected chi connectivity index (χ3v) is 5.79. The van der Waals surface area contributed by atoms with Crippen molar-refractivity contribution in [2.24, 2.45) is 0 Å². The van der Waals surface area contributed by atoms with Crippen LogP contribution in [0.25, 0.3) is 22.0 Å². The van der Waals surface area contributed by atoms with Crippen LogP contribution in [0.2, 0.25) is 0 Å². The average molecular weight is 327 g/mol. The molecule has 0 saturated heterocycles. The SMILES string of the molecule is O=C(O)c1cc(=O)c2ccc3c(c2[nH]1)-c1ccccc1S3(=O)=O. The number of fused-ring (bicyclic) bond motifs is 5. The van der Waals surface area contributed by atoms with Gasteiger partial charge in [0.25, 0.3) is 0 Å². The molecule has 7 heteroatoms. The first-order valence-corrected chi connectivity index (χ1v) is 8.17. The maximum absolute atomic E-state index is 12.6. The number of sulfone groups is 1. The number of hydrogen-bond donors (Lipinski definition) is 2. The lowest BCUT2D eigenvalue weighted by Gasteiger charge is -2.06. The minimum atomic E-state index is -3.67. The molecule has 0 amide bonds. The van der Waals surface area contributed by atoms with Gasteiger partial charge in [0.1, 0.15) is 5.69 Å². The molecule has 0 bridgehead atoms. The van der Waals surface area contributed by atoms with Crippen LogP contribution in [0.4, 0.5) is 0 Å². The predicted molar refractivity (Wildman–Crippen MR) is 82.4 cm³/mol. The number of aromatic amines is 1. The zero-order valence-electron chi connectivity index (χ0n) is 11.5. The highest BCUT2D eigenvalue weighted by Gasteiger charge is 2.34. The molecule has 0 radical (unpaired) electrons. The van der Waals surface area contributed by atoms with Gasteiger partial charge in [-0.05, 0) is 18.2 Å². The number of carbonyl (C=O) groups is 1. The summed E-state index contributed by atoms with van der Waals surface area (Å²) in [6.07, 6.45) is 0. The van der Waals surface area contributed by atoms with Gasteiger partial charge in [-0.1, -0.05) is 18.2 Å². The minimum Gasteiger partial charge on any atom is -0.477 e. The quantitative estimate of drug-likeness (QED) is 0.557. The summed E-state index contributed by atoms with van der Waals surface area (Å²) >= 11 is 0. The summed E-state index contributed by atoms with van der Waals surface area (Å²) in [4.78, 5) is 26.2. The number of carboxylic acid groups (broad SMARTS) is 1. The fraction of sp³-hybridized carbons (Fsp3) is 0. The van der Waals surface area contributed by atoms with Crippen molar-refractivity contribution in [2.75, 3.05) is 0 Å². The van der Waals surface area contributed by atoms with Gasteiger partial charge >= 0.3 is 5.97 Å². The molecule has 23 heavy (non-hydrogen) atoms. The van der Waals surface area contributed by atoms with E-state index in [0.717, 1.165) is 6.07 Å². The molecule has 4 rings (SSSR count). The lowest BCUT2D eigenvalue weighted by molar-refractivity contribution is 0.0691. The summed E-state index contributed by atoms with van der Waals surface area (Å²) in [5.41, 5.74) is 0.281. The maximum atomic E-state index is 12.6. The van der Waals surface area contributed by atoms with Crippen LogP contribution in [-0.4, -0.2) is 24.5 Å².